The average Bonchev–Trinajstić information content (AvgIpc) is 2.74. The Hall–Kier alpha value is -0.670. The number of hydrogen-bond donors (Lipinski definition) is 1. The average molecular weight is 223 g/mol. The number of thioether (sulfide) groups is 1. The first-order valence-corrected chi connectivity index (χ1v) is 6.22. The molecule has 1 heterocycles. The molecule has 1 fully saturated rings. The molecule has 1 aromatic rings. The van der Waals surface area contributed by atoms with Gasteiger partial charge >= 0.3 is 0 Å². The molecule has 1 atom stereocenters. The van der Waals surface area contributed by atoms with Crippen molar-refractivity contribution in [1.82, 2.24) is 5.32 Å². The molecule has 82 valence electrons. The number of aryl methyl sites for hydroxylation is 1. The molecule has 1 saturated heterocycles. The Morgan fingerprint density at radius 3 is 2.93 bits per heavy atom. The Kier molecular flexibility index (Phi) is 3.54. The first-order chi connectivity index (χ1) is 7.29. The van der Waals surface area contributed by atoms with Crippen LogP contribution in [-0.4, -0.2) is 19.0 Å². The fourth-order valence-electron chi connectivity index (χ4n) is 1.79. The zero-order valence-corrected chi connectivity index (χ0v) is 10.1. The van der Waals surface area contributed by atoms with Gasteiger partial charge in [0, 0.05) is 4.90 Å². The summed E-state index contributed by atoms with van der Waals surface area (Å²) in [5, 5.41) is 4.09. The van der Waals surface area contributed by atoms with Crippen molar-refractivity contribution in [3.8, 4) is 5.75 Å². The van der Waals surface area contributed by atoms with Gasteiger partial charge < -0.3 is 10.1 Å². The van der Waals surface area contributed by atoms with Crippen molar-refractivity contribution >= 4 is 11.8 Å². The Labute approximate surface area is 95.4 Å². The molecule has 1 unspecified atom stereocenters. The standard InChI is InChI=1S/C12H17NOS/c1-9-8-10(14-2)5-6-11(9)15-12-4-3-7-13-12/h5-6,8,12-13H,3-4,7H2,1-2H3. The predicted octanol–water partition coefficient (Wildman–Crippen LogP) is 2.81. The number of rotatable bonds is 3. The van der Waals surface area contributed by atoms with Gasteiger partial charge in [0.2, 0.25) is 0 Å². The predicted molar refractivity (Wildman–Crippen MR) is 64.6 cm³/mol. The minimum absolute atomic E-state index is 0.595. The first-order valence-electron chi connectivity index (χ1n) is 5.34. The monoisotopic (exact) mass is 223 g/mol. The van der Waals surface area contributed by atoms with E-state index in [0.717, 1.165) is 12.3 Å². The highest BCUT2D eigenvalue weighted by molar-refractivity contribution is 8.00. The Bertz CT molecular complexity index is 334. The van der Waals surface area contributed by atoms with E-state index in [0.29, 0.717) is 5.37 Å². The summed E-state index contributed by atoms with van der Waals surface area (Å²) in [6, 6.07) is 6.28. The number of nitrogens with one attached hydrogen (secondary N) is 1. The van der Waals surface area contributed by atoms with E-state index in [1.54, 1.807) is 7.11 Å². The largest absolute Gasteiger partial charge is 0.497 e. The lowest BCUT2D eigenvalue weighted by molar-refractivity contribution is 0.414. The van der Waals surface area contributed by atoms with E-state index in [1.807, 2.05) is 17.8 Å². The van der Waals surface area contributed by atoms with Crippen LogP contribution in [0.25, 0.3) is 0 Å². The van der Waals surface area contributed by atoms with Gasteiger partial charge in [-0.05, 0) is 50.1 Å². The Balaban J connectivity index is 2.07. The molecular formula is C12H17NOS. The van der Waals surface area contributed by atoms with Crippen molar-refractivity contribution in [3.63, 3.8) is 0 Å². The van der Waals surface area contributed by atoms with E-state index in [1.165, 1.54) is 23.3 Å². The summed E-state index contributed by atoms with van der Waals surface area (Å²) in [5.41, 5.74) is 1.30. The summed E-state index contributed by atoms with van der Waals surface area (Å²) >= 11 is 1.93. The van der Waals surface area contributed by atoms with Crippen molar-refractivity contribution in [3.05, 3.63) is 23.8 Å². The summed E-state index contributed by atoms with van der Waals surface area (Å²) in [4.78, 5) is 1.36. The molecule has 0 aliphatic carbocycles. The van der Waals surface area contributed by atoms with Gasteiger partial charge in [-0.1, -0.05) is 0 Å². The van der Waals surface area contributed by atoms with Crippen LogP contribution in [0.1, 0.15) is 18.4 Å². The van der Waals surface area contributed by atoms with Gasteiger partial charge in [-0.2, -0.15) is 0 Å². The summed E-state index contributed by atoms with van der Waals surface area (Å²) in [6.45, 7) is 3.30. The maximum absolute atomic E-state index is 5.20. The van der Waals surface area contributed by atoms with Crippen molar-refractivity contribution < 1.29 is 4.74 Å². The molecule has 0 spiro atoms. The van der Waals surface area contributed by atoms with E-state index in [4.69, 9.17) is 4.74 Å². The maximum atomic E-state index is 5.20. The minimum Gasteiger partial charge on any atom is -0.497 e. The van der Waals surface area contributed by atoms with Crippen molar-refractivity contribution in [2.24, 2.45) is 0 Å². The summed E-state index contributed by atoms with van der Waals surface area (Å²) in [5.74, 6) is 0.941. The highest BCUT2D eigenvalue weighted by Crippen LogP contribution is 2.31. The van der Waals surface area contributed by atoms with Gasteiger partial charge in [0.05, 0.1) is 12.5 Å². The van der Waals surface area contributed by atoms with Crippen LogP contribution >= 0.6 is 11.8 Å². The van der Waals surface area contributed by atoms with E-state index >= 15 is 0 Å². The van der Waals surface area contributed by atoms with Crippen molar-refractivity contribution in [2.75, 3.05) is 13.7 Å². The van der Waals surface area contributed by atoms with Crippen molar-refractivity contribution in [2.45, 2.75) is 30.0 Å². The Morgan fingerprint density at radius 2 is 2.33 bits per heavy atom. The SMILES string of the molecule is COc1ccc(SC2CCCN2)c(C)c1. The van der Waals surface area contributed by atoms with Gasteiger partial charge in [-0.3, -0.25) is 0 Å². The number of benzene rings is 1. The molecule has 1 aliphatic rings. The summed E-state index contributed by atoms with van der Waals surface area (Å²) in [7, 11) is 1.71. The molecular weight excluding hydrogens is 206 g/mol. The van der Waals surface area contributed by atoms with Crippen LogP contribution in [0.15, 0.2) is 23.1 Å². The quantitative estimate of drug-likeness (QED) is 0.851. The first kappa shape index (κ1) is 10.8. The molecule has 0 aromatic heterocycles. The maximum Gasteiger partial charge on any atom is 0.119 e. The van der Waals surface area contributed by atoms with Crippen LogP contribution < -0.4 is 10.1 Å². The fourth-order valence-corrected chi connectivity index (χ4v) is 2.97. The normalized spacial score (nSPS) is 20.5. The molecule has 1 aliphatic heterocycles. The highest BCUT2D eigenvalue weighted by Gasteiger charge is 2.15. The van der Waals surface area contributed by atoms with Gasteiger partial charge in [-0.25, -0.2) is 0 Å². The fraction of sp³-hybridized carbons (Fsp3) is 0.500. The molecule has 1 N–H and O–H groups in total. The lowest BCUT2D eigenvalue weighted by Gasteiger charge is -2.12. The van der Waals surface area contributed by atoms with Gasteiger partial charge in [0.1, 0.15) is 5.75 Å². The second-order valence-electron chi connectivity index (χ2n) is 3.83. The Morgan fingerprint density at radius 1 is 1.47 bits per heavy atom. The zero-order chi connectivity index (χ0) is 10.7. The van der Waals surface area contributed by atoms with E-state index in [-0.39, 0.29) is 0 Å². The van der Waals surface area contributed by atoms with Crippen LogP contribution in [0.3, 0.4) is 0 Å². The van der Waals surface area contributed by atoms with E-state index in [9.17, 15) is 0 Å². The lowest BCUT2D eigenvalue weighted by Crippen LogP contribution is -2.16. The number of methoxy groups -OCH3 is 1. The third kappa shape index (κ3) is 2.67. The topological polar surface area (TPSA) is 21.3 Å². The summed E-state index contributed by atoms with van der Waals surface area (Å²) in [6.07, 6.45) is 2.57. The van der Waals surface area contributed by atoms with Crippen LogP contribution in [0, 0.1) is 6.92 Å². The van der Waals surface area contributed by atoms with E-state index in [2.05, 4.69) is 24.4 Å². The van der Waals surface area contributed by atoms with E-state index < -0.39 is 0 Å². The zero-order valence-electron chi connectivity index (χ0n) is 9.25. The van der Waals surface area contributed by atoms with Gasteiger partial charge in [0.15, 0.2) is 0 Å². The van der Waals surface area contributed by atoms with Crippen molar-refractivity contribution in [1.29, 1.82) is 0 Å². The minimum atomic E-state index is 0.595. The molecule has 2 rings (SSSR count). The van der Waals surface area contributed by atoms with Crippen LogP contribution in [0.4, 0.5) is 0 Å². The molecule has 2 nitrogen and oxygen atoms in total. The van der Waals surface area contributed by atoms with Crippen LogP contribution in [-0.2, 0) is 0 Å². The molecule has 0 amide bonds. The third-order valence-electron chi connectivity index (χ3n) is 2.67. The molecule has 3 heteroatoms. The second-order valence-corrected chi connectivity index (χ2v) is 5.08. The summed E-state index contributed by atoms with van der Waals surface area (Å²) < 4.78 is 5.20. The molecule has 15 heavy (non-hydrogen) atoms. The van der Waals surface area contributed by atoms with Gasteiger partial charge in [-0.15, -0.1) is 11.8 Å². The molecule has 0 bridgehead atoms. The number of ether oxygens (including phenoxy) is 1. The highest BCUT2D eigenvalue weighted by atomic mass is 32.2. The smallest absolute Gasteiger partial charge is 0.119 e. The van der Waals surface area contributed by atoms with Crippen LogP contribution in [0.2, 0.25) is 0 Å². The van der Waals surface area contributed by atoms with Gasteiger partial charge in [0.25, 0.3) is 0 Å². The molecule has 1 aromatic carbocycles. The molecule has 0 radical (unpaired) electrons. The third-order valence-corrected chi connectivity index (χ3v) is 4.07. The van der Waals surface area contributed by atoms with Crippen LogP contribution in [0.5, 0.6) is 5.75 Å². The lowest BCUT2D eigenvalue weighted by atomic mass is 10.2. The molecule has 0 saturated carbocycles. The second kappa shape index (κ2) is 4.90. The number of hydrogen-bond acceptors (Lipinski definition) is 3.